The summed E-state index contributed by atoms with van der Waals surface area (Å²) >= 11 is 0. The molecular formula is C25H25F3N4O4. The summed E-state index contributed by atoms with van der Waals surface area (Å²) in [5, 5.41) is 10.1. The first-order chi connectivity index (χ1) is 17.1. The van der Waals surface area contributed by atoms with Gasteiger partial charge in [0.1, 0.15) is 11.9 Å². The van der Waals surface area contributed by atoms with E-state index >= 15 is 0 Å². The molecule has 1 saturated heterocycles. The molecule has 0 radical (unpaired) electrons. The van der Waals surface area contributed by atoms with Crippen molar-refractivity contribution < 1.29 is 32.6 Å². The number of amides is 2. The number of aromatic nitrogens is 2. The lowest BCUT2D eigenvalue weighted by molar-refractivity contribution is -0.192. The number of rotatable bonds is 4. The standard InChI is InChI=1S/C23H24N4O2.C2HF3O2/c1-17-15-25-11-7-22(17)29-21-8-12-27(13-9-21)23(28)26-20-6-2-4-18(14-20)19-5-3-10-24-16-19;3-2(4,5)1(6)7/h2-7,10-11,14-16,21H,8-9,12-13H2,1H3,(H,26,28);(H,6,7). The molecule has 0 spiro atoms. The number of carbonyl (C=O) groups excluding carboxylic acids is 1. The Kier molecular flexibility index (Phi) is 8.82. The van der Waals surface area contributed by atoms with Crippen LogP contribution in [0.1, 0.15) is 18.4 Å². The van der Waals surface area contributed by atoms with Gasteiger partial charge in [-0.3, -0.25) is 9.97 Å². The predicted molar refractivity (Wildman–Crippen MR) is 127 cm³/mol. The zero-order chi connectivity index (χ0) is 26.1. The number of carboxylic acids is 1. The van der Waals surface area contributed by atoms with Crippen molar-refractivity contribution in [3.8, 4) is 16.9 Å². The van der Waals surface area contributed by atoms with Gasteiger partial charge in [-0.15, -0.1) is 0 Å². The van der Waals surface area contributed by atoms with Crippen LogP contribution in [0.15, 0.2) is 67.3 Å². The van der Waals surface area contributed by atoms with Gasteiger partial charge in [-0.1, -0.05) is 18.2 Å². The third kappa shape index (κ3) is 7.69. The van der Waals surface area contributed by atoms with Crippen molar-refractivity contribution in [2.45, 2.75) is 32.0 Å². The van der Waals surface area contributed by atoms with E-state index in [-0.39, 0.29) is 12.1 Å². The average molecular weight is 502 g/mol. The number of nitrogens with one attached hydrogen (secondary N) is 1. The van der Waals surface area contributed by atoms with E-state index in [2.05, 4.69) is 15.3 Å². The molecule has 8 nitrogen and oxygen atoms in total. The van der Waals surface area contributed by atoms with Crippen molar-refractivity contribution in [2.75, 3.05) is 18.4 Å². The summed E-state index contributed by atoms with van der Waals surface area (Å²) in [5.74, 6) is -1.89. The van der Waals surface area contributed by atoms with Crippen LogP contribution in [0.5, 0.6) is 5.75 Å². The lowest BCUT2D eigenvalue weighted by Crippen LogP contribution is -2.43. The van der Waals surface area contributed by atoms with Gasteiger partial charge in [-0.25, -0.2) is 9.59 Å². The number of aryl methyl sites for hydroxylation is 1. The van der Waals surface area contributed by atoms with Gasteiger partial charge in [-0.05, 0) is 36.8 Å². The van der Waals surface area contributed by atoms with Crippen molar-refractivity contribution in [3.63, 3.8) is 0 Å². The Morgan fingerprint density at radius 1 is 1.03 bits per heavy atom. The number of ether oxygens (including phenoxy) is 1. The Balaban J connectivity index is 0.000000454. The van der Waals surface area contributed by atoms with E-state index in [4.69, 9.17) is 14.6 Å². The number of benzene rings is 1. The number of piperidine rings is 1. The number of nitrogens with zero attached hydrogens (tertiary/aromatic N) is 3. The first kappa shape index (κ1) is 26.5. The van der Waals surface area contributed by atoms with Crippen LogP contribution in [-0.2, 0) is 4.79 Å². The van der Waals surface area contributed by atoms with Gasteiger partial charge in [0.15, 0.2) is 0 Å². The molecule has 3 heterocycles. The molecule has 3 aromatic rings. The smallest absolute Gasteiger partial charge is 0.490 e. The molecule has 0 saturated carbocycles. The lowest BCUT2D eigenvalue weighted by atomic mass is 10.1. The highest BCUT2D eigenvalue weighted by Gasteiger charge is 2.38. The molecule has 1 aliphatic heterocycles. The minimum atomic E-state index is -5.08. The molecule has 0 bridgehead atoms. The van der Waals surface area contributed by atoms with Crippen LogP contribution in [0.3, 0.4) is 0 Å². The molecule has 0 unspecified atom stereocenters. The zero-order valence-electron chi connectivity index (χ0n) is 19.4. The minimum Gasteiger partial charge on any atom is -0.490 e. The Bertz CT molecular complexity index is 1170. The number of hydrogen-bond acceptors (Lipinski definition) is 5. The van der Waals surface area contributed by atoms with Crippen molar-refractivity contribution >= 4 is 17.7 Å². The number of carbonyl (C=O) groups is 2. The Labute approximate surface area is 205 Å². The maximum atomic E-state index is 12.7. The Hall–Kier alpha value is -4.15. The van der Waals surface area contributed by atoms with Gasteiger partial charge in [0, 0.05) is 67.5 Å². The second-order valence-electron chi connectivity index (χ2n) is 8.00. The van der Waals surface area contributed by atoms with Crippen LogP contribution in [0, 0.1) is 6.92 Å². The number of hydrogen-bond donors (Lipinski definition) is 2. The van der Waals surface area contributed by atoms with E-state index < -0.39 is 12.1 Å². The highest BCUT2D eigenvalue weighted by Crippen LogP contribution is 2.24. The molecule has 2 aromatic heterocycles. The maximum Gasteiger partial charge on any atom is 0.490 e. The van der Waals surface area contributed by atoms with Crippen molar-refractivity contribution in [1.82, 2.24) is 14.9 Å². The van der Waals surface area contributed by atoms with E-state index in [0.717, 1.165) is 41.0 Å². The highest BCUT2D eigenvalue weighted by molar-refractivity contribution is 5.90. The molecule has 36 heavy (non-hydrogen) atoms. The number of halogens is 3. The largest absolute Gasteiger partial charge is 0.490 e. The highest BCUT2D eigenvalue weighted by atomic mass is 19.4. The molecule has 2 N–H and O–H groups in total. The molecule has 190 valence electrons. The molecule has 1 aliphatic rings. The quantitative estimate of drug-likeness (QED) is 0.511. The molecule has 0 aliphatic carbocycles. The van der Waals surface area contributed by atoms with Crippen LogP contribution in [0.4, 0.5) is 23.7 Å². The monoisotopic (exact) mass is 502 g/mol. The molecular weight excluding hydrogens is 477 g/mol. The summed E-state index contributed by atoms with van der Waals surface area (Å²) in [6.07, 6.45) is 3.76. The van der Waals surface area contributed by atoms with Crippen molar-refractivity contribution in [3.05, 3.63) is 72.8 Å². The summed E-state index contributed by atoms with van der Waals surface area (Å²) in [4.78, 5) is 31.7. The number of aliphatic carboxylic acids is 1. The number of anilines is 1. The van der Waals surface area contributed by atoms with E-state index in [1.54, 1.807) is 18.6 Å². The average Bonchev–Trinajstić information content (AvgIpc) is 2.86. The summed E-state index contributed by atoms with van der Waals surface area (Å²) in [7, 11) is 0. The Morgan fingerprint density at radius 3 is 2.31 bits per heavy atom. The predicted octanol–water partition coefficient (Wildman–Crippen LogP) is 5.16. The van der Waals surface area contributed by atoms with Gasteiger partial charge in [0.05, 0.1) is 0 Å². The van der Waals surface area contributed by atoms with E-state index in [0.29, 0.717) is 13.1 Å². The molecule has 1 fully saturated rings. The van der Waals surface area contributed by atoms with Gasteiger partial charge in [0.25, 0.3) is 0 Å². The lowest BCUT2D eigenvalue weighted by Gasteiger charge is -2.32. The summed E-state index contributed by atoms with van der Waals surface area (Å²) in [6.45, 7) is 3.33. The number of likely N-dealkylation sites (tertiary alicyclic amines) is 1. The zero-order valence-corrected chi connectivity index (χ0v) is 19.4. The molecule has 4 rings (SSSR count). The molecule has 11 heteroatoms. The van der Waals surface area contributed by atoms with E-state index in [1.165, 1.54) is 0 Å². The van der Waals surface area contributed by atoms with Gasteiger partial charge in [0.2, 0.25) is 0 Å². The molecule has 0 atom stereocenters. The number of urea groups is 1. The van der Waals surface area contributed by atoms with Gasteiger partial charge in [-0.2, -0.15) is 13.2 Å². The SMILES string of the molecule is Cc1cnccc1OC1CCN(C(=O)Nc2cccc(-c3cccnc3)c2)CC1.O=C(O)C(F)(F)F. The second kappa shape index (κ2) is 12.0. The summed E-state index contributed by atoms with van der Waals surface area (Å²) < 4.78 is 37.8. The first-order valence-corrected chi connectivity index (χ1v) is 11.1. The van der Waals surface area contributed by atoms with Crippen LogP contribution in [0.25, 0.3) is 11.1 Å². The van der Waals surface area contributed by atoms with Gasteiger partial charge < -0.3 is 20.1 Å². The van der Waals surface area contributed by atoms with Crippen LogP contribution in [-0.4, -0.2) is 57.3 Å². The fourth-order valence-electron chi connectivity index (χ4n) is 3.46. The number of pyridine rings is 2. The third-order valence-corrected chi connectivity index (χ3v) is 5.34. The number of carboxylic acid groups (broad SMARTS) is 1. The van der Waals surface area contributed by atoms with Crippen molar-refractivity contribution in [1.29, 1.82) is 0 Å². The topological polar surface area (TPSA) is 105 Å². The molecule has 1 aromatic carbocycles. The van der Waals surface area contributed by atoms with Gasteiger partial charge >= 0.3 is 18.2 Å². The minimum absolute atomic E-state index is 0.0770. The summed E-state index contributed by atoms with van der Waals surface area (Å²) in [6, 6.07) is 13.5. The summed E-state index contributed by atoms with van der Waals surface area (Å²) in [5.41, 5.74) is 3.85. The number of alkyl halides is 3. The first-order valence-electron chi connectivity index (χ1n) is 11.1. The fraction of sp³-hybridized carbons (Fsp3) is 0.280. The third-order valence-electron chi connectivity index (χ3n) is 5.34. The van der Waals surface area contributed by atoms with Crippen molar-refractivity contribution in [2.24, 2.45) is 0 Å². The van der Waals surface area contributed by atoms with Crippen LogP contribution in [0.2, 0.25) is 0 Å². The van der Waals surface area contributed by atoms with Crippen LogP contribution < -0.4 is 10.1 Å². The van der Waals surface area contributed by atoms with Crippen LogP contribution >= 0.6 is 0 Å². The Morgan fingerprint density at radius 2 is 1.69 bits per heavy atom. The van der Waals surface area contributed by atoms with E-state index in [1.807, 2.05) is 60.5 Å². The fourth-order valence-corrected chi connectivity index (χ4v) is 3.46. The maximum absolute atomic E-state index is 12.7. The molecule has 2 amide bonds. The second-order valence-corrected chi connectivity index (χ2v) is 8.00. The normalized spacial score (nSPS) is 13.8. The van der Waals surface area contributed by atoms with E-state index in [9.17, 15) is 18.0 Å².